The highest BCUT2D eigenvalue weighted by molar-refractivity contribution is 8.45. The van der Waals surface area contributed by atoms with E-state index in [1.54, 1.807) is 0 Å². The van der Waals surface area contributed by atoms with E-state index in [9.17, 15) is 42.6 Å². The zero-order valence-corrected chi connectivity index (χ0v) is 17.3. The molecule has 1 fully saturated rings. The van der Waals surface area contributed by atoms with Gasteiger partial charge in [0.2, 0.25) is 6.10 Å². The Balaban J connectivity index is 1.89. The fourth-order valence-electron chi connectivity index (χ4n) is 2.86. The molecule has 2 aliphatic heterocycles. The van der Waals surface area contributed by atoms with Crippen LogP contribution in [0.25, 0.3) is 6.08 Å². The van der Waals surface area contributed by atoms with Crippen LogP contribution >= 0.6 is 10.2 Å². The molecule has 1 N–H and O–H groups in total. The van der Waals surface area contributed by atoms with Crippen molar-refractivity contribution in [1.82, 2.24) is 5.01 Å². The van der Waals surface area contributed by atoms with Crippen LogP contribution in [-0.2, 0) is 14.4 Å². The molecule has 2 heterocycles. The minimum absolute atomic E-state index is 0.0287. The number of alkyl halides is 3. The highest BCUT2D eigenvalue weighted by atomic mass is 32.5. The van der Waals surface area contributed by atoms with Gasteiger partial charge in [0.15, 0.2) is 0 Å². The number of benzene rings is 1. The average molecular weight is 514 g/mol. The van der Waals surface area contributed by atoms with E-state index in [2.05, 4.69) is 19.6 Å². The lowest BCUT2D eigenvalue weighted by Gasteiger charge is -2.41. The zero-order chi connectivity index (χ0) is 24.9. The standard InChI is InChI=1S/C16H16F8N3O5S/c1-9-5-11(33(20,21,22,23)24)6-10-7-12(14(16(17,18)19)32-13(9)10)15(28)30-8-31-25-27(29)26-3-2-4-26/h5-7,14H,2-4,8H2,1H3,(H,25,29)/q+1/t14-/m0/s1. The normalized spacial score (nSPS) is 21.0. The summed E-state index contributed by atoms with van der Waals surface area (Å²) in [6.07, 6.45) is -7.07. The number of hydrogen-bond donors (Lipinski definition) is 1. The summed E-state index contributed by atoms with van der Waals surface area (Å²) in [6, 6.07) is -0.134. The van der Waals surface area contributed by atoms with Gasteiger partial charge in [-0.25, -0.2) is 10.0 Å². The largest absolute Gasteiger partial charge is 0.475 e. The second-order valence-electron chi connectivity index (χ2n) is 7.10. The van der Waals surface area contributed by atoms with Crippen LogP contribution in [0.2, 0.25) is 0 Å². The number of nitrogens with zero attached hydrogens (tertiary/aromatic N) is 3. The van der Waals surface area contributed by atoms with Crippen LogP contribution in [0.4, 0.5) is 32.6 Å². The number of aryl methyl sites for hydroxylation is 1. The highest BCUT2D eigenvalue weighted by Crippen LogP contribution is 3.02. The van der Waals surface area contributed by atoms with E-state index >= 15 is 0 Å². The molecule has 186 valence electrons. The maximum absolute atomic E-state index is 13.4. The van der Waals surface area contributed by atoms with E-state index in [0.717, 1.165) is 13.3 Å². The second kappa shape index (κ2) is 7.26. The summed E-state index contributed by atoms with van der Waals surface area (Å²) >= 11 is 0. The molecule has 0 saturated carbocycles. The van der Waals surface area contributed by atoms with Crippen molar-refractivity contribution in [2.24, 2.45) is 5.28 Å². The molecule has 0 bridgehead atoms. The zero-order valence-electron chi connectivity index (χ0n) is 16.5. The number of carbonyl (C=O) groups is 1. The van der Waals surface area contributed by atoms with E-state index in [4.69, 9.17) is 0 Å². The van der Waals surface area contributed by atoms with Gasteiger partial charge in [-0.15, -0.1) is 5.01 Å². The Morgan fingerprint density at radius 2 is 1.91 bits per heavy atom. The van der Waals surface area contributed by atoms with Crippen molar-refractivity contribution in [3.63, 3.8) is 0 Å². The third-order valence-electron chi connectivity index (χ3n) is 4.54. The lowest BCUT2D eigenvalue weighted by molar-refractivity contribution is -0.948. The molecule has 0 amide bonds. The Kier molecular flexibility index (Phi) is 5.42. The van der Waals surface area contributed by atoms with Gasteiger partial charge in [-0.05, 0) is 37.1 Å². The molecule has 33 heavy (non-hydrogen) atoms. The molecule has 1 saturated heterocycles. The number of hydrogen-bond acceptors (Lipinski definition) is 5. The minimum Gasteiger partial charge on any atom is -0.475 e. The van der Waals surface area contributed by atoms with Gasteiger partial charge in [0.25, 0.3) is 17.0 Å². The van der Waals surface area contributed by atoms with Crippen LogP contribution in [0.1, 0.15) is 17.5 Å². The number of fused-ring (bicyclic) bond motifs is 1. The molecule has 1 aromatic rings. The van der Waals surface area contributed by atoms with Crippen LogP contribution in [0.3, 0.4) is 0 Å². The van der Waals surface area contributed by atoms with Gasteiger partial charge in [-0.2, -0.15) is 13.2 Å². The second-order valence-corrected chi connectivity index (χ2v) is 9.51. The summed E-state index contributed by atoms with van der Waals surface area (Å²) in [5.74, 6) is -2.47. The number of halogens is 8. The molecule has 0 spiro atoms. The van der Waals surface area contributed by atoms with Crippen molar-refractivity contribution in [3.05, 3.63) is 28.8 Å². The Labute approximate surface area is 180 Å². The van der Waals surface area contributed by atoms with Crippen molar-refractivity contribution in [2.75, 3.05) is 19.9 Å². The molecular formula is C16H16F8N3O5S+. The lowest BCUT2D eigenvalue weighted by atomic mass is 9.99. The molecule has 2 aliphatic rings. The van der Waals surface area contributed by atoms with E-state index in [-0.39, 0.29) is 17.1 Å². The predicted molar refractivity (Wildman–Crippen MR) is 93.7 cm³/mol. The van der Waals surface area contributed by atoms with Gasteiger partial charge in [0.1, 0.15) is 10.6 Å². The van der Waals surface area contributed by atoms with Gasteiger partial charge >= 0.3 is 22.4 Å². The van der Waals surface area contributed by atoms with Crippen molar-refractivity contribution in [1.29, 1.82) is 0 Å². The van der Waals surface area contributed by atoms with Crippen molar-refractivity contribution < 1.29 is 61.9 Å². The first-order chi connectivity index (χ1) is 14.9. The summed E-state index contributed by atoms with van der Waals surface area (Å²) in [6.45, 7) is 0.661. The maximum Gasteiger partial charge on any atom is 0.430 e. The Hall–Kier alpha value is -2.98. The fourth-order valence-corrected chi connectivity index (χ4v) is 3.61. The Morgan fingerprint density at radius 3 is 2.42 bits per heavy atom. The summed E-state index contributed by atoms with van der Waals surface area (Å²) in [7, 11) is -10.2. The van der Waals surface area contributed by atoms with E-state index in [1.165, 1.54) is 5.01 Å². The summed E-state index contributed by atoms with van der Waals surface area (Å²) in [5, 5.41) is 13.8. The molecular weight excluding hydrogens is 498 g/mol. The molecule has 0 aliphatic carbocycles. The number of ether oxygens (including phenoxy) is 2. The first-order valence-electron chi connectivity index (χ1n) is 8.94. The number of rotatable bonds is 6. The minimum atomic E-state index is -10.2. The Bertz CT molecular complexity index is 1040. The van der Waals surface area contributed by atoms with Crippen LogP contribution in [0.5, 0.6) is 5.75 Å². The van der Waals surface area contributed by atoms with Crippen LogP contribution in [0.15, 0.2) is 27.9 Å². The van der Waals surface area contributed by atoms with Crippen molar-refractivity contribution in [3.8, 4) is 5.75 Å². The third kappa shape index (κ3) is 5.51. The van der Waals surface area contributed by atoms with Crippen molar-refractivity contribution in [2.45, 2.75) is 30.5 Å². The molecule has 1 atom stereocenters. The van der Waals surface area contributed by atoms with Crippen LogP contribution in [0, 0.1) is 6.92 Å². The third-order valence-corrected chi connectivity index (χ3v) is 5.67. The SMILES string of the molecule is Cc1cc(S(F)(F)(F)(F)F)cc2c1O[C@H](C(F)(F)F)C(C(=O)OCO/N=[N+](\O)N1CCC1)=C2. The lowest BCUT2D eigenvalue weighted by Crippen LogP contribution is -2.43. The van der Waals surface area contributed by atoms with E-state index < -0.39 is 62.6 Å². The van der Waals surface area contributed by atoms with Crippen molar-refractivity contribution >= 4 is 22.3 Å². The molecule has 3 rings (SSSR count). The number of carbonyl (C=O) groups excluding carboxylic acids is 1. The molecule has 1 aromatic carbocycles. The van der Waals surface area contributed by atoms with Gasteiger partial charge in [0.05, 0.1) is 18.7 Å². The summed E-state index contributed by atoms with van der Waals surface area (Å²) < 4.78 is 115. The van der Waals surface area contributed by atoms with Gasteiger partial charge in [0, 0.05) is 5.56 Å². The van der Waals surface area contributed by atoms with Gasteiger partial charge in [-0.3, -0.25) is 4.84 Å². The van der Waals surface area contributed by atoms with Gasteiger partial charge in [-0.1, -0.05) is 19.4 Å². The first-order valence-corrected chi connectivity index (χ1v) is 10.9. The molecule has 17 heteroatoms. The topological polar surface area (TPSA) is 83.6 Å². The first kappa shape index (κ1) is 24.7. The molecule has 0 radical (unpaired) electrons. The van der Waals surface area contributed by atoms with Crippen LogP contribution in [-0.4, -0.2) is 53.3 Å². The maximum atomic E-state index is 13.4. The number of esters is 1. The molecule has 8 nitrogen and oxygen atoms in total. The fraction of sp³-hybridized carbons (Fsp3) is 0.438. The Morgan fingerprint density at radius 1 is 1.27 bits per heavy atom. The van der Waals surface area contributed by atoms with E-state index in [1.807, 2.05) is 0 Å². The predicted octanol–water partition coefficient (Wildman–Crippen LogP) is 5.27. The average Bonchev–Trinajstić information content (AvgIpc) is 2.60. The quantitative estimate of drug-likeness (QED) is 0.106. The van der Waals surface area contributed by atoms with Gasteiger partial charge < -0.3 is 9.47 Å². The van der Waals surface area contributed by atoms with Crippen LogP contribution < -0.4 is 4.74 Å². The smallest absolute Gasteiger partial charge is 0.430 e. The number of hydrazine groups is 1. The molecule has 0 aromatic heterocycles. The van der Waals surface area contributed by atoms with E-state index in [0.29, 0.717) is 19.2 Å². The molecule has 0 unspecified atom stereocenters. The monoisotopic (exact) mass is 514 g/mol. The summed E-state index contributed by atoms with van der Waals surface area (Å²) in [4.78, 5) is 14.5. The summed E-state index contributed by atoms with van der Waals surface area (Å²) in [5.41, 5.74) is -2.78. The highest BCUT2D eigenvalue weighted by Gasteiger charge is 2.65.